The standard InChI is InChI=1S/C17H17N7O3/c1-27-17(26)23-14-6-2-5-13(8-14)22-16(25)20-9-12-4-3-7-19-15(12)24-11-18-10-21-24/h2-8,10-11H,9H2,1H3,(H,23,26)(H2,20,22,25). The van der Waals surface area contributed by atoms with Crippen LogP contribution in [-0.4, -0.2) is 39.0 Å². The molecule has 10 nitrogen and oxygen atoms in total. The van der Waals surface area contributed by atoms with E-state index in [-0.39, 0.29) is 6.54 Å². The van der Waals surface area contributed by atoms with Crippen molar-refractivity contribution in [3.8, 4) is 5.82 Å². The molecule has 0 aliphatic heterocycles. The summed E-state index contributed by atoms with van der Waals surface area (Å²) in [5.74, 6) is 0.583. The van der Waals surface area contributed by atoms with Gasteiger partial charge in [-0.15, -0.1) is 0 Å². The Morgan fingerprint density at radius 3 is 2.70 bits per heavy atom. The quantitative estimate of drug-likeness (QED) is 0.635. The van der Waals surface area contributed by atoms with Crippen LogP contribution in [-0.2, 0) is 11.3 Å². The van der Waals surface area contributed by atoms with Crippen molar-refractivity contribution >= 4 is 23.5 Å². The number of pyridine rings is 1. The fourth-order valence-corrected chi connectivity index (χ4v) is 2.29. The maximum Gasteiger partial charge on any atom is 0.411 e. The van der Waals surface area contributed by atoms with E-state index < -0.39 is 12.1 Å². The first-order chi connectivity index (χ1) is 13.2. The highest BCUT2D eigenvalue weighted by Gasteiger charge is 2.09. The Morgan fingerprint density at radius 2 is 1.96 bits per heavy atom. The Kier molecular flexibility index (Phi) is 5.57. The number of nitrogens with zero attached hydrogens (tertiary/aromatic N) is 4. The smallest absolute Gasteiger partial charge is 0.411 e. The van der Waals surface area contributed by atoms with Gasteiger partial charge in [0, 0.05) is 29.7 Å². The Labute approximate surface area is 154 Å². The summed E-state index contributed by atoms with van der Waals surface area (Å²) in [7, 11) is 1.27. The molecule has 0 fully saturated rings. The number of carbonyl (C=O) groups is 2. The molecule has 3 amide bonds. The Bertz CT molecular complexity index is 928. The first-order valence-corrected chi connectivity index (χ1v) is 7.94. The first kappa shape index (κ1) is 17.9. The van der Waals surface area contributed by atoms with Crippen molar-refractivity contribution < 1.29 is 14.3 Å². The molecule has 0 aliphatic carbocycles. The van der Waals surface area contributed by atoms with Crippen LogP contribution in [0.1, 0.15) is 5.56 Å². The molecule has 3 rings (SSSR count). The number of ether oxygens (including phenoxy) is 1. The summed E-state index contributed by atoms with van der Waals surface area (Å²) in [6.45, 7) is 0.245. The minimum absolute atomic E-state index is 0.245. The van der Waals surface area contributed by atoms with E-state index in [2.05, 4.69) is 35.8 Å². The zero-order valence-electron chi connectivity index (χ0n) is 14.4. The number of urea groups is 1. The van der Waals surface area contributed by atoms with Crippen molar-refractivity contribution in [1.29, 1.82) is 0 Å². The predicted molar refractivity (Wildman–Crippen MR) is 97.5 cm³/mol. The summed E-state index contributed by atoms with van der Waals surface area (Å²) >= 11 is 0. The number of carbonyl (C=O) groups excluding carboxylic acids is 2. The maximum atomic E-state index is 12.2. The lowest BCUT2D eigenvalue weighted by molar-refractivity contribution is 0.187. The van der Waals surface area contributed by atoms with Gasteiger partial charge in [0.25, 0.3) is 0 Å². The van der Waals surface area contributed by atoms with E-state index in [1.54, 1.807) is 36.5 Å². The zero-order chi connectivity index (χ0) is 19.1. The molecule has 27 heavy (non-hydrogen) atoms. The maximum absolute atomic E-state index is 12.2. The van der Waals surface area contributed by atoms with Gasteiger partial charge in [0.15, 0.2) is 5.82 Å². The van der Waals surface area contributed by atoms with Crippen LogP contribution < -0.4 is 16.0 Å². The third-order valence-corrected chi connectivity index (χ3v) is 3.49. The second-order valence-electron chi connectivity index (χ2n) is 5.33. The molecule has 1 aromatic carbocycles. The largest absolute Gasteiger partial charge is 0.453 e. The van der Waals surface area contributed by atoms with Gasteiger partial charge in [-0.05, 0) is 24.3 Å². The fourth-order valence-electron chi connectivity index (χ4n) is 2.29. The van der Waals surface area contributed by atoms with E-state index in [4.69, 9.17) is 0 Å². The van der Waals surface area contributed by atoms with E-state index in [1.165, 1.54) is 24.4 Å². The molecule has 0 saturated heterocycles. The highest BCUT2D eigenvalue weighted by atomic mass is 16.5. The van der Waals surface area contributed by atoms with E-state index in [0.717, 1.165) is 5.56 Å². The lowest BCUT2D eigenvalue weighted by Crippen LogP contribution is -2.28. The van der Waals surface area contributed by atoms with Crippen LogP contribution in [0.4, 0.5) is 21.0 Å². The number of rotatable bonds is 5. The van der Waals surface area contributed by atoms with Gasteiger partial charge < -0.3 is 15.4 Å². The Balaban J connectivity index is 1.61. The van der Waals surface area contributed by atoms with Crippen molar-refractivity contribution in [2.45, 2.75) is 6.54 Å². The second kappa shape index (κ2) is 8.43. The molecule has 0 spiro atoms. The molecule has 0 atom stereocenters. The number of hydrogen-bond acceptors (Lipinski definition) is 6. The molecule has 0 unspecified atom stereocenters. The lowest BCUT2D eigenvalue weighted by Gasteiger charge is -2.11. The molecule has 2 aromatic heterocycles. The number of hydrogen-bond donors (Lipinski definition) is 3. The third kappa shape index (κ3) is 4.78. The number of nitrogens with one attached hydrogen (secondary N) is 3. The fraction of sp³-hybridized carbons (Fsp3) is 0.118. The summed E-state index contributed by atoms with van der Waals surface area (Å²) in [5, 5.41) is 12.0. The number of aromatic nitrogens is 4. The van der Waals surface area contributed by atoms with Crippen LogP contribution in [0.5, 0.6) is 0 Å². The van der Waals surface area contributed by atoms with Crippen LogP contribution >= 0.6 is 0 Å². The predicted octanol–water partition coefficient (Wildman–Crippen LogP) is 2.16. The summed E-state index contributed by atoms with van der Waals surface area (Å²) < 4.78 is 6.06. The topological polar surface area (TPSA) is 123 Å². The Morgan fingerprint density at radius 1 is 1.15 bits per heavy atom. The molecule has 3 N–H and O–H groups in total. The van der Waals surface area contributed by atoms with Crippen LogP contribution in [0.3, 0.4) is 0 Å². The van der Waals surface area contributed by atoms with Crippen molar-refractivity contribution in [2.75, 3.05) is 17.7 Å². The number of benzene rings is 1. The molecule has 0 radical (unpaired) electrons. The number of anilines is 2. The highest BCUT2D eigenvalue weighted by Crippen LogP contribution is 2.15. The normalized spacial score (nSPS) is 10.1. The highest BCUT2D eigenvalue weighted by molar-refractivity contribution is 5.91. The van der Waals surface area contributed by atoms with Gasteiger partial charge in [-0.3, -0.25) is 5.32 Å². The average Bonchev–Trinajstić information content (AvgIpc) is 3.21. The van der Waals surface area contributed by atoms with Crippen molar-refractivity contribution in [1.82, 2.24) is 25.1 Å². The van der Waals surface area contributed by atoms with E-state index in [9.17, 15) is 9.59 Å². The van der Waals surface area contributed by atoms with Crippen molar-refractivity contribution in [3.63, 3.8) is 0 Å². The van der Waals surface area contributed by atoms with Crippen LogP contribution in [0.25, 0.3) is 5.82 Å². The molecule has 0 saturated carbocycles. The number of methoxy groups -OCH3 is 1. The first-order valence-electron chi connectivity index (χ1n) is 7.94. The van der Waals surface area contributed by atoms with Crippen molar-refractivity contribution in [3.05, 3.63) is 60.8 Å². The summed E-state index contributed by atoms with van der Waals surface area (Å²) in [4.78, 5) is 31.6. The van der Waals surface area contributed by atoms with Gasteiger partial charge >= 0.3 is 12.1 Å². The molecular formula is C17H17N7O3. The second-order valence-corrected chi connectivity index (χ2v) is 5.33. The van der Waals surface area contributed by atoms with E-state index in [0.29, 0.717) is 17.2 Å². The average molecular weight is 367 g/mol. The molecule has 0 bridgehead atoms. The summed E-state index contributed by atoms with van der Waals surface area (Å²) in [6.07, 6.45) is 3.99. The molecule has 0 aliphatic rings. The molecule has 10 heteroatoms. The minimum atomic E-state index is -0.589. The molecule has 2 heterocycles. The Hall–Kier alpha value is -3.95. The van der Waals surface area contributed by atoms with Gasteiger partial charge in [0.1, 0.15) is 12.7 Å². The van der Waals surface area contributed by atoms with Gasteiger partial charge in [-0.25, -0.2) is 24.2 Å². The molecule has 138 valence electrons. The zero-order valence-corrected chi connectivity index (χ0v) is 14.4. The summed E-state index contributed by atoms with van der Waals surface area (Å²) in [5.41, 5.74) is 1.80. The van der Waals surface area contributed by atoms with Gasteiger partial charge in [-0.2, -0.15) is 5.10 Å². The van der Waals surface area contributed by atoms with E-state index >= 15 is 0 Å². The molecule has 3 aromatic rings. The monoisotopic (exact) mass is 367 g/mol. The van der Waals surface area contributed by atoms with Crippen LogP contribution in [0, 0.1) is 0 Å². The van der Waals surface area contributed by atoms with Crippen LogP contribution in [0.15, 0.2) is 55.2 Å². The van der Waals surface area contributed by atoms with Crippen LogP contribution in [0.2, 0.25) is 0 Å². The van der Waals surface area contributed by atoms with Crippen molar-refractivity contribution in [2.24, 2.45) is 0 Å². The van der Waals surface area contributed by atoms with Gasteiger partial charge in [0.05, 0.1) is 7.11 Å². The third-order valence-electron chi connectivity index (χ3n) is 3.49. The molecular weight excluding hydrogens is 350 g/mol. The minimum Gasteiger partial charge on any atom is -0.453 e. The SMILES string of the molecule is COC(=O)Nc1cccc(NC(=O)NCc2cccnc2-n2cncn2)c1. The van der Waals surface area contributed by atoms with E-state index in [1.807, 2.05) is 6.07 Å². The summed E-state index contributed by atoms with van der Waals surface area (Å²) in [6, 6.07) is 9.90. The van der Waals surface area contributed by atoms with Gasteiger partial charge in [0.2, 0.25) is 0 Å². The lowest BCUT2D eigenvalue weighted by atomic mass is 10.2. The van der Waals surface area contributed by atoms with Gasteiger partial charge in [-0.1, -0.05) is 12.1 Å². The number of amides is 3.